The second kappa shape index (κ2) is 4.16. The SMILES string of the molecule is CSc1cc(CC=O)ccc1O. The van der Waals surface area contributed by atoms with Crippen molar-refractivity contribution in [3.05, 3.63) is 23.8 Å². The summed E-state index contributed by atoms with van der Waals surface area (Å²) in [5.41, 5.74) is 0.937. The van der Waals surface area contributed by atoms with Crippen molar-refractivity contribution in [1.29, 1.82) is 0 Å². The Morgan fingerprint density at radius 2 is 2.33 bits per heavy atom. The molecule has 0 aromatic heterocycles. The second-order valence-electron chi connectivity index (χ2n) is 2.38. The third-order valence-corrected chi connectivity index (χ3v) is 2.33. The van der Waals surface area contributed by atoms with Crippen LogP contribution in [0.5, 0.6) is 5.75 Å². The van der Waals surface area contributed by atoms with Gasteiger partial charge in [0.1, 0.15) is 12.0 Å². The largest absolute Gasteiger partial charge is 0.507 e. The zero-order valence-electron chi connectivity index (χ0n) is 6.78. The van der Waals surface area contributed by atoms with Gasteiger partial charge in [0.15, 0.2) is 0 Å². The van der Waals surface area contributed by atoms with Gasteiger partial charge in [0.25, 0.3) is 0 Å². The van der Waals surface area contributed by atoms with Crippen molar-refractivity contribution in [2.75, 3.05) is 6.26 Å². The number of aromatic hydroxyl groups is 1. The number of phenols is 1. The van der Waals surface area contributed by atoms with E-state index >= 15 is 0 Å². The number of hydrogen-bond donors (Lipinski definition) is 1. The van der Waals surface area contributed by atoms with Crippen LogP contribution in [0.2, 0.25) is 0 Å². The van der Waals surface area contributed by atoms with E-state index in [0.717, 1.165) is 16.7 Å². The Morgan fingerprint density at radius 3 is 2.92 bits per heavy atom. The number of thioether (sulfide) groups is 1. The predicted molar refractivity (Wildman–Crippen MR) is 49.7 cm³/mol. The normalized spacial score (nSPS) is 9.75. The third kappa shape index (κ3) is 2.01. The van der Waals surface area contributed by atoms with Crippen LogP contribution in [0.1, 0.15) is 5.56 Å². The molecule has 1 rings (SSSR count). The molecule has 0 amide bonds. The molecule has 0 atom stereocenters. The smallest absolute Gasteiger partial charge is 0.129 e. The van der Waals surface area contributed by atoms with Gasteiger partial charge in [0.2, 0.25) is 0 Å². The average molecular weight is 182 g/mol. The lowest BCUT2D eigenvalue weighted by Gasteiger charge is -2.02. The van der Waals surface area contributed by atoms with Gasteiger partial charge in [-0.1, -0.05) is 6.07 Å². The Labute approximate surface area is 75.6 Å². The van der Waals surface area contributed by atoms with E-state index in [1.165, 1.54) is 11.8 Å². The summed E-state index contributed by atoms with van der Waals surface area (Å²) in [5.74, 6) is 0.275. The van der Waals surface area contributed by atoms with Gasteiger partial charge in [-0.05, 0) is 24.0 Å². The van der Waals surface area contributed by atoms with Crippen LogP contribution in [-0.2, 0) is 11.2 Å². The van der Waals surface area contributed by atoms with Gasteiger partial charge in [-0.25, -0.2) is 0 Å². The molecule has 0 radical (unpaired) electrons. The number of aldehydes is 1. The number of hydrogen-bond acceptors (Lipinski definition) is 3. The highest BCUT2D eigenvalue weighted by molar-refractivity contribution is 7.98. The maximum atomic E-state index is 10.2. The van der Waals surface area contributed by atoms with Crippen LogP contribution in [0.25, 0.3) is 0 Å². The Hall–Kier alpha value is -0.960. The van der Waals surface area contributed by atoms with Crippen molar-refractivity contribution in [3.63, 3.8) is 0 Å². The fourth-order valence-electron chi connectivity index (χ4n) is 0.945. The fraction of sp³-hybridized carbons (Fsp3) is 0.222. The highest BCUT2D eigenvalue weighted by atomic mass is 32.2. The Morgan fingerprint density at radius 1 is 1.58 bits per heavy atom. The minimum Gasteiger partial charge on any atom is -0.507 e. The highest BCUT2D eigenvalue weighted by Crippen LogP contribution is 2.27. The van der Waals surface area contributed by atoms with Crippen LogP contribution in [0.3, 0.4) is 0 Å². The van der Waals surface area contributed by atoms with Crippen LogP contribution in [0.15, 0.2) is 23.1 Å². The molecule has 0 saturated heterocycles. The molecule has 0 aliphatic heterocycles. The van der Waals surface area contributed by atoms with Crippen LogP contribution in [0.4, 0.5) is 0 Å². The monoisotopic (exact) mass is 182 g/mol. The van der Waals surface area contributed by atoms with Crippen molar-refractivity contribution in [2.45, 2.75) is 11.3 Å². The molecular formula is C9H10O2S. The number of carbonyl (C=O) groups excluding carboxylic acids is 1. The quantitative estimate of drug-likeness (QED) is 0.572. The van der Waals surface area contributed by atoms with Crippen molar-refractivity contribution in [1.82, 2.24) is 0 Å². The summed E-state index contributed by atoms with van der Waals surface area (Å²) in [5, 5.41) is 9.29. The first kappa shape index (κ1) is 9.13. The summed E-state index contributed by atoms with van der Waals surface area (Å²) in [6.07, 6.45) is 3.16. The maximum absolute atomic E-state index is 10.2. The van der Waals surface area contributed by atoms with E-state index in [0.29, 0.717) is 6.42 Å². The molecule has 3 heteroatoms. The molecule has 0 aliphatic carbocycles. The first-order valence-corrected chi connectivity index (χ1v) is 4.80. The molecule has 0 saturated carbocycles. The van der Waals surface area contributed by atoms with E-state index in [1.807, 2.05) is 12.3 Å². The van der Waals surface area contributed by atoms with Crippen molar-refractivity contribution in [2.24, 2.45) is 0 Å². The minimum atomic E-state index is 0.275. The van der Waals surface area contributed by atoms with E-state index in [-0.39, 0.29) is 5.75 Å². The summed E-state index contributed by atoms with van der Waals surface area (Å²) < 4.78 is 0. The Bertz CT molecular complexity index is 284. The van der Waals surface area contributed by atoms with Crippen LogP contribution in [0, 0.1) is 0 Å². The summed E-state index contributed by atoms with van der Waals surface area (Å²) in [6, 6.07) is 5.20. The molecule has 0 unspecified atom stereocenters. The fourth-order valence-corrected chi connectivity index (χ4v) is 1.49. The van der Waals surface area contributed by atoms with Crippen LogP contribution < -0.4 is 0 Å². The van der Waals surface area contributed by atoms with E-state index in [1.54, 1.807) is 12.1 Å². The molecule has 1 aromatic rings. The van der Waals surface area contributed by atoms with Gasteiger partial charge in [-0.3, -0.25) is 0 Å². The topological polar surface area (TPSA) is 37.3 Å². The molecule has 0 heterocycles. The molecule has 1 N–H and O–H groups in total. The zero-order valence-corrected chi connectivity index (χ0v) is 7.60. The summed E-state index contributed by atoms with van der Waals surface area (Å²) >= 11 is 1.47. The Kier molecular flexibility index (Phi) is 3.17. The first-order chi connectivity index (χ1) is 5.77. The Balaban J connectivity index is 2.96. The number of phenolic OH excluding ortho intramolecular Hbond substituents is 1. The zero-order chi connectivity index (χ0) is 8.97. The van der Waals surface area contributed by atoms with Crippen molar-refractivity contribution >= 4 is 18.0 Å². The second-order valence-corrected chi connectivity index (χ2v) is 3.23. The molecule has 1 aromatic carbocycles. The molecule has 0 aliphatic rings. The van der Waals surface area contributed by atoms with E-state index in [4.69, 9.17) is 0 Å². The van der Waals surface area contributed by atoms with Crippen LogP contribution in [-0.4, -0.2) is 17.6 Å². The van der Waals surface area contributed by atoms with Gasteiger partial charge < -0.3 is 9.90 Å². The first-order valence-electron chi connectivity index (χ1n) is 3.57. The number of carbonyl (C=O) groups is 1. The minimum absolute atomic E-state index is 0.275. The lowest BCUT2D eigenvalue weighted by Crippen LogP contribution is -1.85. The third-order valence-electron chi connectivity index (χ3n) is 1.56. The van der Waals surface area contributed by atoms with Gasteiger partial charge in [0.05, 0.1) is 0 Å². The van der Waals surface area contributed by atoms with E-state index in [2.05, 4.69) is 0 Å². The summed E-state index contributed by atoms with van der Waals surface area (Å²) in [7, 11) is 0. The van der Waals surface area contributed by atoms with Gasteiger partial charge >= 0.3 is 0 Å². The summed E-state index contributed by atoms with van der Waals surface area (Å²) in [6.45, 7) is 0. The number of rotatable bonds is 3. The molecule has 64 valence electrons. The van der Waals surface area contributed by atoms with Gasteiger partial charge in [-0.2, -0.15) is 0 Å². The van der Waals surface area contributed by atoms with Crippen molar-refractivity contribution in [3.8, 4) is 5.75 Å². The van der Waals surface area contributed by atoms with Gasteiger partial charge in [-0.15, -0.1) is 11.8 Å². The molecule has 12 heavy (non-hydrogen) atoms. The van der Waals surface area contributed by atoms with E-state index in [9.17, 15) is 9.90 Å². The van der Waals surface area contributed by atoms with Gasteiger partial charge in [0, 0.05) is 11.3 Å². The molecule has 0 spiro atoms. The standard InChI is InChI=1S/C9H10O2S/c1-12-9-6-7(4-5-10)2-3-8(9)11/h2-3,5-6,11H,4H2,1H3. The number of benzene rings is 1. The van der Waals surface area contributed by atoms with Crippen molar-refractivity contribution < 1.29 is 9.90 Å². The van der Waals surface area contributed by atoms with E-state index < -0.39 is 0 Å². The molecule has 0 bridgehead atoms. The summed E-state index contributed by atoms with van der Waals surface area (Å²) in [4.78, 5) is 11.0. The maximum Gasteiger partial charge on any atom is 0.129 e. The molecule has 2 nitrogen and oxygen atoms in total. The average Bonchev–Trinajstić information content (AvgIpc) is 2.09. The van der Waals surface area contributed by atoms with Crippen LogP contribution >= 0.6 is 11.8 Å². The predicted octanol–water partition coefficient (Wildman–Crippen LogP) is 1.86. The lowest BCUT2D eigenvalue weighted by atomic mass is 10.2. The lowest BCUT2D eigenvalue weighted by molar-refractivity contribution is -0.107. The highest BCUT2D eigenvalue weighted by Gasteiger charge is 2.00. The molecule has 0 fully saturated rings. The molecular weight excluding hydrogens is 172 g/mol.